The molecule has 8 nitrogen and oxygen atoms in total. The van der Waals surface area contributed by atoms with Crippen LogP contribution < -0.4 is 0 Å². The Labute approximate surface area is 203 Å². The molecule has 0 N–H and O–H groups in total. The molecule has 0 aromatic rings. The van der Waals surface area contributed by atoms with Crippen LogP contribution in [0.15, 0.2) is 0 Å². The molecular weight excluding hydrogens is 473 g/mol. The first-order valence-electron chi connectivity index (χ1n) is 11.9. The molecule has 1 aliphatic heterocycles. The van der Waals surface area contributed by atoms with E-state index in [0.717, 1.165) is 0 Å². The molecule has 0 bridgehead atoms. The molecule has 0 aliphatic carbocycles. The van der Waals surface area contributed by atoms with Crippen molar-refractivity contribution in [1.82, 2.24) is 18.3 Å². The topological polar surface area (TPSA) is 49.9 Å². The van der Waals surface area contributed by atoms with Gasteiger partial charge in [-0.2, -0.15) is 0 Å². The van der Waals surface area contributed by atoms with Crippen molar-refractivity contribution in [2.24, 2.45) is 0 Å². The summed E-state index contributed by atoms with van der Waals surface area (Å²) in [6, 6.07) is 0. The molecule has 192 valence electrons. The van der Waals surface area contributed by atoms with Crippen molar-refractivity contribution in [3.63, 3.8) is 0 Å². The monoisotopic (exact) mass is 524 g/mol. The van der Waals surface area contributed by atoms with E-state index in [1.807, 2.05) is 0 Å². The van der Waals surface area contributed by atoms with Gasteiger partial charge in [0.2, 0.25) is 0 Å². The number of nitrogens with zero attached hydrogens (tertiary/aromatic N) is 4. The first-order valence-corrected chi connectivity index (χ1v) is 19.2. The highest BCUT2D eigenvalue weighted by Crippen LogP contribution is 2.47. The Balaban J connectivity index is 4.11. The second kappa shape index (κ2) is 10.7. The van der Waals surface area contributed by atoms with Crippen LogP contribution in [0.4, 0.5) is 0 Å². The highest BCUT2D eigenvalue weighted by atomic mass is 28.5. The van der Waals surface area contributed by atoms with Gasteiger partial charge in [0.1, 0.15) is 0 Å². The Kier molecular flexibility index (Phi) is 10.2. The van der Waals surface area contributed by atoms with Crippen LogP contribution in [0.2, 0.25) is 22.2 Å². The lowest BCUT2D eigenvalue weighted by Gasteiger charge is -2.60. The van der Waals surface area contributed by atoms with Crippen molar-refractivity contribution in [2.75, 3.05) is 56.4 Å². The van der Waals surface area contributed by atoms with Crippen molar-refractivity contribution in [3.05, 3.63) is 0 Å². The van der Waals surface area contributed by atoms with Crippen LogP contribution in [0.3, 0.4) is 0 Å². The Morgan fingerprint density at radius 2 is 0.469 bits per heavy atom. The summed E-state index contributed by atoms with van der Waals surface area (Å²) >= 11 is 0. The molecule has 12 heteroatoms. The van der Waals surface area contributed by atoms with Gasteiger partial charge in [0.15, 0.2) is 0 Å². The standard InChI is InChI=1S/C20H52N4O4Si4/c1-17(2)29(21(9)10)25-30(18(3)4,22(11)12)27-32(20(7)8,24(15)16)28-31(26-29,19(5)6)23(13)14/h17-20H,1-16H3. The quantitative estimate of drug-likeness (QED) is 0.446. The molecule has 1 saturated heterocycles. The van der Waals surface area contributed by atoms with Crippen LogP contribution >= 0.6 is 0 Å². The molecule has 0 amide bonds. The van der Waals surface area contributed by atoms with Gasteiger partial charge in [-0.25, -0.2) is 0 Å². The molecule has 0 saturated carbocycles. The lowest BCUT2D eigenvalue weighted by molar-refractivity contribution is 0.103. The molecule has 1 rings (SSSR count). The highest BCUT2D eigenvalue weighted by Gasteiger charge is 2.70. The van der Waals surface area contributed by atoms with Gasteiger partial charge in [0, 0.05) is 22.2 Å². The molecule has 0 unspecified atom stereocenters. The largest absolute Gasteiger partial charge is 0.414 e. The van der Waals surface area contributed by atoms with Gasteiger partial charge in [-0.05, 0) is 56.4 Å². The molecule has 1 heterocycles. The highest BCUT2D eigenvalue weighted by molar-refractivity contribution is 6.93. The SMILES string of the molecule is CC(C)[Si]1(N(C)C)O[Si](C(C)C)(N(C)C)O[Si](C(C)C)(N(C)C)O[Si](C(C)C)(N(C)C)O1. The van der Waals surface area contributed by atoms with Crippen molar-refractivity contribution in [1.29, 1.82) is 0 Å². The predicted molar refractivity (Wildman–Crippen MR) is 142 cm³/mol. The minimum atomic E-state index is -2.95. The zero-order valence-electron chi connectivity index (χ0n) is 23.7. The van der Waals surface area contributed by atoms with E-state index in [-0.39, 0.29) is 22.2 Å². The van der Waals surface area contributed by atoms with E-state index in [0.29, 0.717) is 0 Å². The molecule has 0 spiro atoms. The fraction of sp³-hybridized carbons (Fsp3) is 1.00. The Morgan fingerprint density at radius 3 is 0.531 bits per heavy atom. The third-order valence-electron chi connectivity index (χ3n) is 6.58. The summed E-state index contributed by atoms with van der Waals surface area (Å²) < 4.78 is 38.6. The summed E-state index contributed by atoms with van der Waals surface area (Å²) in [6.07, 6.45) is 0. The average molecular weight is 525 g/mol. The number of rotatable bonds is 8. The van der Waals surface area contributed by atoms with Crippen LogP contribution in [0, 0.1) is 0 Å². The van der Waals surface area contributed by atoms with E-state index in [1.54, 1.807) is 0 Å². The van der Waals surface area contributed by atoms with E-state index < -0.39 is 34.9 Å². The maximum atomic E-state index is 7.44. The molecule has 0 radical (unpaired) electrons. The van der Waals surface area contributed by atoms with E-state index in [1.165, 1.54) is 0 Å². The maximum Gasteiger partial charge on any atom is 0.414 e. The summed E-state index contributed by atoms with van der Waals surface area (Å²) in [6.45, 7) is 17.8. The van der Waals surface area contributed by atoms with Gasteiger partial charge >= 0.3 is 34.9 Å². The average Bonchev–Trinajstić information content (AvgIpc) is 2.60. The summed E-state index contributed by atoms with van der Waals surface area (Å²) in [5.74, 6) is 0. The van der Waals surface area contributed by atoms with Gasteiger partial charge < -0.3 is 16.5 Å². The molecule has 32 heavy (non-hydrogen) atoms. The minimum absolute atomic E-state index is 0.188. The molecular formula is C20H52N4O4Si4. The lowest BCUT2D eigenvalue weighted by Crippen LogP contribution is -2.82. The number of hydrogen-bond donors (Lipinski definition) is 0. The van der Waals surface area contributed by atoms with E-state index in [9.17, 15) is 0 Å². The fourth-order valence-electron chi connectivity index (χ4n) is 4.66. The lowest BCUT2D eigenvalue weighted by atomic mass is 10.6. The fourth-order valence-corrected chi connectivity index (χ4v) is 31.0. The minimum Gasteiger partial charge on any atom is -0.391 e. The Morgan fingerprint density at radius 1 is 0.344 bits per heavy atom. The summed E-state index contributed by atoms with van der Waals surface area (Å²) in [4.78, 5) is 0. The normalized spacial score (nSPS) is 35.2. The molecule has 0 aromatic heterocycles. The zero-order chi connectivity index (χ0) is 25.4. The predicted octanol–water partition coefficient (Wildman–Crippen LogP) is 3.71. The van der Waals surface area contributed by atoms with Crippen molar-refractivity contribution in [3.8, 4) is 0 Å². The summed E-state index contributed by atoms with van der Waals surface area (Å²) in [7, 11) is 4.97. The van der Waals surface area contributed by atoms with E-state index in [4.69, 9.17) is 16.5 Å². The van der Waals surface area contributed by atoms with Crippen LogP contribution in [0.5, 0.6) is 0 Å². The second-order valence-corrected chi connectivity index (χ2v) is 27.6. The molecule has 1 fully saturated rings. The van der Waals surface area contributed by atoms with E-state index in [2.05, 4.69) is 130 Å². The molecule has 1 aliphatic rings. The van der Waals surface area contributed by atoms with Gasteiger partial charge in [-0.3, -0.25) is 18.3 Å². The van der Waals surface area contributed by atoms with Crippen LogP contribution in [-0.4, -0.2) is 110 Å². The van der Waals surface area contributed by atoms with Gasteiger partial charge in [-0.1, -0.05) is 55.4 Å². The molecule has 0 aromatic carbocycles. The van der Waals surface area contributed by atoms with Gasteiger partial charge in [-0.15, -0.1) is 0 Å². The summed E-state index contributed by atoms with van der Waals surface area (Å²) in [5.41, 5.74) is 0.753. The van der Waals surface area contributed by atoms with Crippen molar-refractivity contribution >= 4 is 34.9 Å². The van der Waals surface area contributed by atoms with Crippen LogP contribution in [0.1, 0.15) is 55.4 Å². The van der Waals surface area contributed by atoms with Gasteiger partial charge in [0.25, 0.3) is 0 Å². The van der Waals surface area contributed by atoms with Gasteiger partial charge in [0.05, 0.1) is 0 Å². The Bertz CT molecular complexity index is 466. The Hall–Kier alpha value is 0.548. The second-order valence-electron chi connectivity index (χ2n) is 11.1. The van der Waals surface area contributed by atoms with Crippen molar-refractivity contribution in [2.45, 2.75) is 77.6 Å². The van der Waals surface area contributed by atoms with E-state index >= 15 is 0 Å². The first kappa shape index (κ1) is 30.6. The maximum absolute atomic E-state index is 7.44. The van der Waals surface area contributed by atoms with Crippen LogP contribution in [-0.2, 0) is 16.5 Å². The van der Waals surface area contributed by atoms with Crippen LogP contribution in [0.25, 0.3) is 0 Å². The third kappa shape index (κ3) is 5.07. The summed E-state index contributed by atoms with van der Waals surface area (Å²) in [5, 5.41) is 0. The first-order chi connectivity index (χ1) is 14.4. The number of hydrogen-bond acceptors (Lipinski definition) is 8. The van der Waals surface area contributed by atoms with Crippen molar-refractivity contribution < 1.29 is 16.5 Å². The third-order valence-corrected chi connectivity index (χ3v) is 26.8. The zero-order valence-corrected chi connectivity index (χ0v) is 27.7. The molecule has 0 atom stereocenters. The smallest absolute Gasteiger partial charge is 0.391 e.